The topological polar surface area (TPSA) is 17.8 Å². The summed E-state index contributed by atoms with van der Waals surface area (Å²) < 4.78 is 1.94. The summed E-state index contributed by atoms with van der Waals surface area (Å²) >= 11 is 18.0. The second-order valence-corrected chi connectivity index (χ2v) is 6.10. The molecule has 0 atom stereocenters. The molecule has 0 saturated carbocycles. The number of hydrogen-bond acceptors (Lipinski definition) is 1. The number of benzene rings is 2. The van der Waals surface area contributed by atoms with E-state index in [2.05, 4.69) is 25.1 Å². The molecule has 2 aromatic carbocycles. The number of fused-ring (bicyclic) bond motifs is 1. The molecule has 108 valence electrons. The van der Waals surface area contributed by atoms with Gasteiger partial charge < -0.3 is 0 Å². The van der Waals surface area contributed by atoms with Crippen LogP contribution in [0, 0.1) is 6.92 Å². The minimum absolute atomic E-state index is 0.519. The van der Waals surface area contributed by atoms with Crippen molar-refractivity contribution in [1.82, 2.24) is 9.78 Å². The molecule has 3 rings (SSSR count). The van der Waals surface area contributed by atoms with E-state index in [1.807, 2.05) is 16.8 Å². The van der Waals surface area contributed by atoms with Gasteiger partial charge in [-0.1, -0.05) is 41.4 Å². The Morgan fingerprint density at radius 3 is 2.57 bits per heavy atom. The van der Waals surface area contributed by atoms with Gasteiger partial charge in [0.15, 0.2) is 0 Å². The van der Waals surface area contributed by atoms with Crippen molar-refractivity contribution in [2.45, 2.75) is 13.5 Å². The van der Waals surface area contributed by atoms with Gasteiger partial charge in [-0.3, -0.25) is 4.68 Å². The summed E-state index contributed by atoms with van der Waals surface area (Å²) in [6.45, 7) is 2.74. The van der Waals surface area contributed by atoms with Gasteiger partial charge in [0.05, 0.1) is 22.1 Å². The molecule has 5 heteroatoms. The summed E-state index contributed by atoms with van der Waals surface area (Å²) in [5, 5.41) is 6.85. The Morgan fingerprint density at radius 2 is 1.86 bits per heavy atom. The molecule has 0 spiro atoms. The highest BCUT2D eigenvalue weighted by molar-refractivity contribution is 6.42. The largest absolute Gasteiger partial charge is 0.263 e. The first-order valence-corrected chi connectivity index (χ1v) is 7.88. The van der Waals surface area contributed by atoms with Gasteiger partial charge in [-0.25, -0.2) is 0 Å². The fraction of sp³-hybridized carbons (Fsp3) is 0.188. The van der Waals surface area contributed by atoms with E-state index in [9.17, 15) is 0 Å². The van der Waals surface area contributed by atoms with Gasteiger partial charge in [-0.05, 0) is 30.7 Å². The Morgan fingerprint density at radius 1 is 1.05 bits per heavy atom. The van der Waals surface area contributed by atoms with Gasteiger partial charge in [-0.15, -0.1) is 11.6 Å². The maximum absolute atomic E-state index is 6.12. The Balaban J connectivity index is 2.24. The van der Waals surface area contributed by atoms with E-state index in [0.717, 1.165) is 22.2 Å². The molecule has 0 fully saturated rings. The fourth-order valence-electron chi connectivity index (χ4n) is 2.39. The standard InChI is InChI=1S/C16H13Cl3N2/c1-10-2-4-12-15(8-10)21(7-6-17)20-16(12)11-3-5-13(18)14(19)9-11/h2-5,8-9H,6-7H2,1H3. The third-order valence-electron chi connectivity index (χ3n) is 3.40. The summed E-state index contributed by atoms with van der Waals surface area (Å²) in [5.74, 6) is 0.519. The lowest BCUT2D eigenvalue weighted by atomic mass is 10.1. The molecule has 1 heterocycles. The lowest BCUT2D eigenvalue weighted by Crippen LogP contribution is -2.01. The molecule has 2 nitrogen and oxygen atoms in total. The minimum atomic E-state index is 0.519. The van der Waals surface area contributed by atoms with Gasteiger partial charge in [0.25, 0.3) is 0 Å². The maximum atomic E-state index is 6.12. The van der Waals surface area contributed by atoms with Crippen LogP contribution in [0.1, 0.15) is 5.56 Å². The van der Waals surface area contributed by atoms with Gasteiger partial charge in [0.1, 0.15) is 5.69 Å². The molecule has 0 aliphatic rings. The van der Waals surface area contributed by atoms with Crippen LogP contribution in [-0.4, -0.2) is 15.7 Å². The van der Waals surface area contributed by atoms with E-state index in [1.54, 1.807) is 6.07 Å². The lowest BCUT2D eigenvalue weighted by molar-refractivity contribution is 0.691. The molecular weight excluding hydrogens is 327 g/mol. The van der Waals surface area contributed by atoms with Crippen LogP contribution in [0.25, 0.3) is 22.2 Å². The highest BCUT2D eigenvalue weighted by atomic mass is 35.5. The van der Waals surface area contributed by atoms with E-state index in [0.29, 0.717) is 22.5 Å². The average Bonchev–Trinajstić information content (AvgIpc) is 2.81. The van der Waals surface area contributed by atoms with Crippen LogP contribution in [-0.2, 0) is 6.54 Å². The predicted octanol–water partition coefficient (Wildman–Crippen LogP) is 5.56. The van der Waals surface area contributed by atoms with E-state index in [-0.39, 0.29) is 0 Å². The summed E-state index contributed by atoms with van der Waals surface area (Å²) in [6, 6.07) is 11.9. The van der Waals surface area contributed by atoms with Crippen molar-refractivity contribution in [2.75, 3.05) is 5.88 Å². The number of alkyl halides is 1. The van der Waals surface area contributed by atoms with Crippen molar-refractivity contribution in [1.29, 1.82) is 0 Å². The number of halogens is 3. The fourth-order valence-corrected chi connectivity index (χ4v) is 2.85. The monoisotopic (exact) mass is 338 g/mol. The highest BCUT2D eigenvalue weighted by Gasteiger charge is 2.13. The van der Waals surface area contributed by atoms with E-state index >= 15 is 0 Å². The second-order valence-electron chi connectivity index (χ2n) is 4.91. The molecular formula is C16H13Cl3N2. The Labute approximate surface area is 138 Å². The normalized spacial score (nSPS) is 11.2. The number of hydrogen-bond donors (Lipinski definition) is 0. The molecule has 21 heavy (non-hydrogen) atoms. The smallest absolute Gasteiger partial charge is 0.100 e. The Bertz CT molecular complexity index is 809. The lowest BCUT2D eigenvalue weighted by Gasteiger charge is -2.01. The van der Waals surface area contributed by atoms with E-state index in [1.165, 1.54) is 5.56 Å². The molecule has 0 amide bonds. The minimum Gasteiger partial charge on any atom is -0.263 e. The molecule has 0 aliphatic heterocycles. The molecule has 1 aromatic heterocycles. The van der Waals surface area contributed by atoms with Crippen molar-refractivity contribution in [3.05, 3.63) is 52.0 Å². The summed E-state index contributed by atoms with van der Waals surface area (Å²) in [4.78, 5) is 0. The summed E-state index contributed by atoms with van der Waals surface area (Å²) in [5.41, 5.74) is 4.12. The number of rotatable bonds is 3. The quantitative estimate of drug-likeness (QED) is 0.571. The van der Waals surface area contributed by atoms with Crippen LogP contribution in [0.2, 0.25) is 10.0 Å². The van der Waals surface area contributed by atoms with E-state index in [4.69, 9.17) is 39.9 Å². The van der Waals surface area contributed by atoms with Gasteiger partial charge in [-0.2, -0.15) is 5.10 Å². The zero-order valence-corrected chi connectivity index (χ0v) is 13.7. The zero-order chi connectivity index (χ0) is 15.0. The summed E-state index contributed by atoms with van der Waals surface area (Å²) in [7, 11) is 0. The van der Waals surface area contributed by atoms with Crippen LogP contribution in [0.3, 0.4) is 0 Å². The third-order valence-corrected chi connectivity index (χ3v) is 4.30. The Kier molecular flexibility index (Phi) is 4.12. The maximum Gasteiger partial charge on any atom is 0.100 e. The molecule has 0 aliphatic carbocycles. The third kappa shape index (κ3) is 2.76. The number of aromatic nitrogens is 2. The number of nitrogens with zero attached hydrogens (tertiary/aromatic N) is 2. The van der Waals surface area contributed by atoms with Crippen molar-refractivity contribution >= 4 is 45.7 Å². The Hall–Kier alpha value is -1.22. The van der Waals surface area contributed by atoms with Crippen molar-refractivity contribution in [3.8, 4) is 11.3 Å². The van der Waals surface area contributed by atoms with Crippen LogP contribution in [0.4, 0.5) is 0 Å². The van der Waals surface area contributed by atoms with Gasteiger partial charge in [0.2, 0.25) is 0 Å². The van der Waals surface area contributed by atoms with Gasteiger partial charge in [0, 0.05) is 16.8 Å². The highest BCUT2D eigenvalue weighted by Crippen LogP contribution is 2.32. The van der Waals surface area contributed by atoms with Crippen LogP contribution < -0.4 is 0 Å². The zero-order valence-electron chi connectivity index (χ0n) is 11.4. The molecule has 0 bridgehead atoms. The molecule has 0 N–H and O–H groups in total. The van der Waals surface area contributed by atoms with Crippen LogP contribution in [0.15, 0.2) is 36.4 Å². The van der Waals surface area contributed by atoms with Gasteiger partial charge >= 0.3 is 0 Å². The first-order chi connectivity index (χ1) is 10.1. The van der Waals surface area contributed by atoms with Crippen molar-refractivity contribution in [2.24, 2.45) is 0 Å². The van der Waals surface area contributed by atoms with Crippen LogP contribution >= 0.6 is 34.8 Å². The SMILES string of the molecule is Cc1ccc2c(-c3ccc(Cl)c(Cl)c3)nn(CCCl)c2c1. The predicted molar refractivity (Wildman–Crippen MR) is 90.6 cm³/mol. The van der Waals surface area contributed by atoms with Crippen molar-refractivity contribution in [3.63, 3.8) is 0 Å². The molecule has 0 saturated heterocycles. The molecule has 3 aromatic rings. The first-order valence-electron chi connectivity index (χ1n) is 6.58. The van der Waals surface area contributed by atoms with Crippen LogP contribution in [0.5, 0.6) is 0 Å². The average molecular weight is 340 g/mol. The van der Waals surface area contributed by atoms with Crippen molar-refractivity contribution < 1.29 is 0 Å². The molecule has 0 unspecified atom stereocenters. The van der Waals surface area contributed by atoms with E-state index < -0.39 is 0 Å². The second kappa shape index (κ2) is 5.88. The number of aryl methyl sites for hydroxylation is 2. The first kappa shape index (κ1) is 14.7. The molecule has 0 radical (unpaired) electrons. The summed E-state index contributed by atoms with van der Waals surface area (Å²) in [6.07, 6.45) is 0.